The zero-order chi connectivity index (χ0) is 29.8. The van der Waals surface area contributed by atoms with Crippen molar-refractivity contribution in [2.75, 3.05) is 18.4 Å². The van der Waals surface area contributed by atoms with E-state index in [9.17, 15) is 9.90 Å². The highest BCUT2D eigenvalue weighted by Gasteiger charge is 2.45. The molecular formula is C36H41N5O2. The van der Waals surface area contributed by atoms with Crippen molar-refractivity contribution in [3.05, 3.63) is 108 Å². The van der Waals surface area contributed by atoms with Crippen LogP contribution in [0.4, 0.5) is 11.5 Å². The number of anilines is 2. The highest BCUT2D eigenvalue weighted by molar-refractivity contribution is 5.78. The molecule has 7 nitrogen and oxygen atoms in total. The van der Waals surface area contributed by atoms with E-state index < -0.39 is 6.10 Å². The van der Waals surface area contributed by atoms with Crippen molar-refractivity contribution < 1.29 is 9.90 Å². The molecule has 1 aliphatic heterocycles. The molecule has 3 N–H and O–H groups in total. The Balaban J connectivity index is 1.12. The minimum Gasteiger partial charge on any atom is -0.390 e. The van der Waals surface area contributed by atoms with E-state index in [0.717, 1.165) is 47.6 Å². The fraction of sp³-hybridized carbons (Fsp3) is 0.361. The van der Waals surface area contributed by atoms with Gasteiger partial charge in [0.2, 0.25) is 5.91 Å². The van der Waals surface area contributed by atoms with Gasteiger partial charge in [-0.15, -0.1) is 0 Å². The molecule has 43 heavy (non-hydrogen) atoms. The van der Waals surface area contributed by atoms with Crippen LogP contribution in [0.5, 0.6) is 0 Å². The molecule has 1 saturated heterocycles. The summed E-state index contributed by atoms with van der Waals surface area (Å²) in [6, 6.07) is 28.7. The highest BCUT2D eigenvalue weighted by atomic mass is 16.3. The first-order chi connectivity index (χ1) is 20.9. The zero-order valence-corrected chi connectivity index (χ0v) is 25.0. The Morgan fingerprint density at radius 1 is 0.953 bits per heavy atom. The largest absolute Gasteiger partial charge is 0.390 e. The topological polar surface area (TPSA) is 90.4 Å². The standard InChI is InChI=1S/C36H41N5O2/c1-25(2)28-10-6-11-29(21-28)36(17-18-36)39-23-33(42)32(41-19-7-12-35(41)43)20-26-13-15-30(16-14-26)40-34-22-31(37-24-38-34)27-8-4-3-5-9-27/h3-6,8-11,13-16,21-22,24-25,32-33,39,42H,7,12,17-20,23H2,1-2H3,(H,37,38,40)/t32-,33+/m0/s1. The van der Waals surface area contributed by atoms with Gasteiger partial charge < -0.3 is 20.6 Å². The summed E-state index contributed by atoms with van der Waals surface area (Å²) in [6.07, 6.45) is 4.99. The van der Waals surface area contributed by atoms with Crippen molar-refractivity contribution in [2.45, 2.75) is 69.6 Å². The lowest BCUT2D eigenvalue weighted by Gasteiger charge is -2.33. The average Bonchev–Trinajstić information content (AvgIpc) is 3.72. The smallest absolute Gasteiger partial charge is 0.222 e. The van der Waals surface area contributed by atoms with Gasteiger partial charge in [-0.25, -0.2) is 9.97 Å². The maximum atomic E-state index is 12.8. The van der Waals surface area contributed by atoms with Crippen LogP contribution in [0.15, 0.2) is 91.3 Å². The van der Waals surface area contributed by atoms with Crippen LogP contribution in [0.1, 0.15) is 62.1 Å². The number of amides is 1. The highest BCUT2D eigenvalue weighted by Crippen LogP contribution is 2.46. The van der Waals surface area contributed by atoms with E-state index in [0.29, 0.717) is 31.8 Å². The van der Waals surface area contributed by atoms with E-state index in [1.54, 1.807) is 6.33 Å². The number of aromatic nitrogens is 2. The summed E-state index contributed by atoms with van der Waals surface area (Å²) >= 11 is 0. The predicted octanol–water partition coefficient (Wildman–Crippen LogP) is 6.18. The Morgan fingerprint density at radius 2 is 1.74 bits per heavy atom. The Bertz CT molecular complexity index is 1540. The quantitative estimate of drug-likeness (QED) is 0.187. The number of aliphatic hydroxyl groups is 1. The second kappa shape index (κ2) is 12.7. The van der Waals surface area contributed by atoms with E-state index in [1.807, 2.05) is 53.4 Å². The second-order valence-electron chi connectivity index (χ2n) is 12.2. The van der Waals surface area contributed by atoms with Crippen molar-refractivity contribution >= 4 is 17.4 Å². The lowest BCUT2D eigenvalue weighted by Crippen LogP contribution is -2.50. The van der Waals surface area contributed by atoms with Crippen LogP contribution in [-0.4, -0.2) is 51.1 Å². The third-order valence-electron chi connectivity index (χ3n) is 8.87. The molecule has 0 radical (unpaired) electrons. The molecule has 1 amide bonds. The van der Waals surface area contributed by atoms with Crippen molar-refractivity contribution in [3.63, 3.8) is 0 Å². The predicted molar refractivity (Wildman–Crippen MR) is 171 cm³/mol. The fourth-order valence-corrected chi connectivity index (χ4v) is 6.10. The van der Waals surface area contributed by atoms with E-state index >= 15 is 0 Å². The third kappa shape index (κ3) is 6.79. The zero-order valence-electron chi connectivity index (χ0n) is 25.0. The van der Waals surface area contributed by atoms with Gasteiger partial charge in [-0.05, 0) is 60.4 Å². The number of carbonyl (C=O) groups is 1. The van der Waals surface area contributed by atoms with Crippen molar-refractivity contribution in [1.82, 2.24) is 20.2 Å². The van der Waals surface area contributed by atoms with Gasteiger partial charge in [-0.3, -0.25) is 4.79 Å². The van der Waals surface area contributed by atoms with Gasteiger partial charge in [0, 0.05) is 42.4 Å². The first-order valence-electron chi connectivity index (χ1n) is 15.5. The first kappa shape index (κ1) is 29.0. The van der Waals surface area contributed by atoms with Crippen LogP contribution in [0.2, 0.25) is 0 Å². The number of likely N-dealkylation sites (tertiary alicyclic amines) is 1. The second-order valence-corrected chi connectivity index (χ2v) is 12.2. The number of nitrogens with one attached hydrogen (secondary N) is 2. The molecule has 4 aromatic rings. The van der Waals surface area contributed by atoms with Gasteiger partial charge in [-0.2, -0.15) is 0 Å². The minimum absolute atomic E-state index is 0.0832. The maximum absolute atomic E-state index is 12.8. The van der Waals surface area contributed by atoms with Crippen LogP contribution >= 0.6 is 0 Å². The van der Waals surface area contributed by atoms with Crippen LogP contribution in [0, 0.1) is 0 Å². The summed E-state index contributed by atoms with van der Waals surface area (Å²) < 4.78 is 0. The number of carbonyl (C=O) groups excluding carboxylic acids is 1. The molecular weight excluding hydrogens is 534 g/mol. The van der Waals surface area contributed by atoms with Crippen molar-refractivity contribution in [2.24, 2.45) is 0 Å². The molecule has 6 rings (SSSR count). The molecule has 0 bridgehead atoms. The summed E-state index contributed by atoms with van der Waals surface area (Å²) in [7, 11) is 0. The molecule has 1 aliphatic carbocycles. The SMILES string of the molecule is CC(C)c1cccc(C2(NC[C@@H](O)[C@H](Cc3ccc(Nc4cc(-c5ccccc5)ncn4)cc3)N3CCCC3=O)CC2)c1. The number of hydrogen-bond acceptors (Lipinski definition) is 6. The molecule has 222 valence electrons. The molecule has 1 aromatic heterocycles. The summed E-state index contributed by atoms with van der Waals surface area (Å²) in [4.78, 5) is 23.5. The molecule has 1 saturated carbocycles. The lowest BCUT2D eigenvalue weighted by molar-refractivity contribution is -0.131. The van der Waals surface area contributed by atoms with Gasteiger partial charge in [0.1, 0.15) is 12.1 Å². The number of hydrogen-bond donors (Lipinski definition) is 3. The number of benzene rings is 3. The summed E-state index contributed by atoms with van der Waals surface area (Å²) in [6.45, 7) is 5.57. The van der Waals surface area contributed by atoms with Gasteiger partial charge >= 0.3 is 0 Å². The van der Waals surface area contributed by atoms with Gasteiger partial charge in [0.05, 0.1) is 17.8 Å². The summed E-state index contributed by atoms with van der Waals surface area (Å²) in [5.41, 5.74) is 6.43. The number of nitrogens with zero attached hydrogens (tertiary/aromatic N) is 3. The maximum Gasteiger partial charge on any atom is 0.222 e. The molecule has 2 heterocycles. The molecule has 0 spiro atoms. The average molecular weight is 576 g/mol. The van der Waals surface area contributed by atoms with Crippen LogP contribution in [0.25, 0.3) is 11.3 Å². The normalized spacial score (nSPS) is 17.2. The number of rotatable bonds is 12. The first-order valence-corrected chi connectivity index (χ1v) is 15.5. The van der Waals surface area contributed by atoms with Crippen LogP contribution < -0.4 is 10.6 Å². The Hall–Kier alpha value is -4.07. The lowest BCUT2D eigenvalue weighted by atomic mass is 9.95. The molecule has 2 aliphatic rings. The van der Waals surface area contributed by atoms with Crippen molar-refractivity contribution in [3.8, 4) is 11.3 Å². The van der Waals surface area contributed by atoms with Crippen molar-refractivity contribution in [1.29, 1.82) is 0 Å². The van der Waals surface area contributed by atoms with Crippen LogP contribution in [-0.2, 0) is 16.8 Å². The summed E-state index contributed by atoms with van der Waals surface area (Å²) in [5.74, 6) is 1.32. The summed E-state index contributed by atoms with van der Waals surface area (Å²) in [5, 5.41) is 18.6. The van der Waals surface area contributed by atoms with E-state index in [2.05, 4.69) is 70.8 Å². The Morgan fingerprint density at radius 3 is 2.44 bits per heavy atom. The molecule has 2 atom stereocenters. The van der Waals surface area contributed by atoms with E-state index in [-0.39, 0.29) is 17.5 Å². The van der Waals surface area contributed by atoms with E-state index in [4.69, 9.17) is 0 Å². The molecule has 0 unspecified atom stereocenters. The fourth-order valence-electron chi connectivity index (χ4n) is 6.10. The minimum atomic E-state index is -0.678. The number of aliphatic hydroxyl groups excluding tert-OH is 1. The monoisotopic (exact) mass is 575 g/mol. The van der Waals surface area contributed by atoms with Crippen LogP contribution in [0.3, 0.4) is 0 Å². The third-order valence-corrected chi connectivity index (χ3v) is 8.87. The van der Waals surface area contributed by atoms with E-state index in [1.165, 1.54) is 11.1 Å². The van der Waals surface area contributed by atoms with Gasteiger partial charge in [0.25, 0.3) is 0 Å². The molecule has 7 heteroatoms. The Kier molecular flexibility index (Phi) is 8.54. The molecule has 2 fully saturated rings. The Labute approximate surface area is 254 Å². The van der Waals surface area contributed by atoms with Gasteiger partial charge in [-0.1, -0.05) is 80.6 Å². The van der Waals surface area contributed by atoms with Gasteiger partial charge in [0.15, 0.2) is 0 Å². The molecule has 3 aromatic carbocycles.